The topological polar surface area (TPSA) is 80.9 Å². The zero-order valence-electron chi connectivity index (χ0n) is 10.1. The molecule has 4 nitrogen and oxygen atoms in total. The predicted octanol–water partition coefficient (Wildman–Crippen LogP) is 0.384. The lowest BCUT2D eigenvalue weighted by Gasteiger charge is -2.16. The first-order valence-corrected chi connectivity index (χ1v) is 5.37. The van der Waals surface area contributed by atoms with Crippen molar-refractivity contribution in [1.29, 1.82) is 0 Å². The van der Waals surface area contributed by atoms with Gasteiger partial charge in [-0.1, -0.05) is 20.8 Å². The van der Waals surface area contributed by atoms with E-state index in [2.05, 4.69) is 0 Å². The highest BCUT2D eigenvalue weighted by Crippen LogP contribution is 2.10. The van der Waals surface area contributed by atoms with Crippen LogP contribution < -0.4 is 0 Å². The maximum Gasteiger partial charge on any atom is 0.0504 e. The van der Waals surface area contributed by atoms with Crippen LogP contribution in [0.3, 0.4) is 0 Å². The van der Waals surface area contributed by atoms with Crippen LogP contribution in [0.5, 0.6) is 0 Å². The first-order valence-electron chi connectivity index (χ1n) is 5.37. The second-order valence-electron chi connectivity index (χ2n) is 4.63. The molecule has 0 aromatic heterocycles. The SMILES string of the molecule is CC(C)(CO)CO.CC(CO)CCCO. The van der Waals surface area contributed by atoms with Gasteiger partial charge in [-0.05, 0) is 18.8 Å². The summed E-state index contributed by atoms with van der Waals surface area (Å²) in [6.07, 6.45) is 1.73. The number of hydrogen-bond acceptors (Lipinski definition) is 4. The molecule has 0 radical (unpaired) electrons. The van der Waals surface area contributed by atoms with Gasteiger partial charge < -0.3 is 20.4 Å². The lowest BCUT2D eigenvalue weighted by molar-refractivity contribution is 0.0857. The highest BCUT2D eigenvalue weighted by Gasteiger charge is 2.13. The van der Waals surface area contributed by atoms with Gasteiger partial charge in [0.2, 0.25) is 0 Å². The van der Waals surface area contributed by atoms with Gasteiger partial charge in [0.1, 0.15) is 0 Å². The molecule has 0 aliphatic carbocycles. The molecule has 94 valence electrons. The molecule has 0 aliphatic rings. The average Bonchev–Trinajstić information content (AvgIpc) is 2.26. The highest BCUT2D eigenvalue weighted by atomic mass is 16.3. The number of aliphatic hydroxyl groups is 4. The average molecular weight is 222 g/mol. The molecule has 0 aromatic carbocycles. The Hall–Kier alpha value is -0.160. The zero-order chi connectivity index (χ0) is 12.3. The van der Waals surface area contributed by atoms with Gasteiger partial charge in [-0.3, -0.25) is 0 Å². The van der Waals surface area contributed by atoms with Crippen molar-refractivity contribution < 1.29 is 20.4 Å². The van der Waals surface area contributed by atoms with Crippen LogP contribution in [-0.4, -0.2) is 46.9 Å². The molecular formula is C11H26O4. The maximum absolute atomic E-state index is 8.48. The van der Waals surface area contributed by atoms with Crippen LogP contribution in [0, 0.1) is 11.3 Å². The third-order valence-corrected chi connectivity index (χ3v) is 2.02. The van der Waals surface area contributed by atoms with Gasteiger partial charge in [-0.15, -0.1) is 0 Å². The summed E-state index contributed by atoms with van der Waals surface area (Å²) in [5.74, 6) is 0.349. The summed E-state index contributed by atoms with van der Waals surface area (Å²) < 4.78 is 0. The van der Waals surface area contributed by atoms with Gasteiger partial charge in [0.25, 0.3) is 0 Å². The van der Waals surface area contributed by atoms with Gasteiger partial charge in [0, 0.05) is 18.6 Å². The molecule has 1 atom stereocenters. The van der Waals surface area contributed by atoms with E-state index in [1.54, 1.807) is 13.8 Å². The Labute approximate surface area is 92.6 Å². The molecule has 0 aromatic rings. The molecule has 4 heteroatoms. The summed E-state index contributed by atoms with van der Waals surface area (Å²) in [6.45, 7) is 6.13. The molecule has 0 rings (SSSR count). The molecule has 0 fully saturated rings. The molecule has 0 saturated carbocycles. The second kappa shape index (κ2) is 10.4. The van der Waals surface area contributed by atoms with E-state index in [1.807, 2.05) is 6.92 Å². The van der Waals surface area contributed by atoms with Crippen molar-refractivity contribution in [2.45, 2.75) is 33.6 Å². The minimum Gasteiger partial charge on any atom is -0.396 e. The van der Waals surface area contributed by atoms with Crippen molar-refractivity contribution >= 4 is 0 Å². The summed E-state index contributed by atoms with van der Waals surface area (Å²) >= 11 is 0. The minimum atomic E-state index is -0.306. The van der Waals surface area contributed by atoms with E-state index in [1.165, 1.54) is 0 Å². The highest BCUT2D eigenvalue weighted by molar-refractivity contribution is 4.62. The molecular weight excluding hydrogens is 196 g/mol. The summed E-state index contributed by atoms with van der Waals surface area (Å²) in [5.41, 5.74) is -0.306. The molecule has 15 heavy (non-hydrogen) atoms. The van der Waals surface area contributed by atoms with Crippen LogP contribution in [0.1, 0.15) is 33.6 Å². The van der Waals surface area contributed by atoms with Gasteiger partial charge in [-0.25, -0.2) is 0 Å². The van der Waals surface area contributed by atoms with E-state index in [0.29, 0.717) is 5.92 Å². The van der Waals surface area contributed by atoms with E-state index in [0.717, 1.165) is 12.8 Å². The van der Waals surface area contributed by atoms with Crippen molar-refractivity contribution in [2.24, 2.45) is 11.3 Å². The Morgan fingerprint density at radius 3 is 1.67 bits per heavy atom. The summed E-state index contributed by atoms with van der Waals surface area (Å²) in [4.78, 5) is 0. The zero-order valence-corrected chi connectivity index (χ0v) is 10.1. The summed E-state index contributed by atoms with van der Waals surface area (Å²) in [5, 5.41) is 33.7. The van der Waals surface area contributed by atoms with Gasteiger partial charge in [0.05, 0.1) is 13.2 Å². The van der Waals surface area contributed by atoms with Crippen LogP contribution in [0.2, 0.25) is 0 Å². The summed E-state index contributed by atoms with van der Waals surface area (Å²) in [6, 6.07) is 0. The van der Waals surface area contributed by atoms with E-state index in [4.69, 9.17) is 20.4 Å². The normalized spacial score (nSPS) is 13.0. The fraction of sp³-hybridized carbons (Fsp3) is 1.00. The molecule has 4 N–H and O–H groups in total. The smallest absolute Gasteiger partial charge is 0.0504 e. The van der Waals surface area contributed by atoms with Crippen LogP contribution in [0.25, 0.3) is 0 Å². The van der Waals surface area contributed by atoms with Gasteiger partial charge in [0.15, 0.2) is 0 Å². The first-order chi connectivity index (χ1) is 6.93. The van der Waals surface area contributed by atoms with Crippen molar-refractivity contribution in [2.75, 3.05) is 26.4 Å². The van der Waals surface area contributed by atoms with Crippen LogP contribution in [0.4, 0.5) is 0 Å². The maximum atomic E-state index is 8.48. The predicted molar refractivity (Wildman–Crippen MR) is 60.5 cm³/mol. The Morgan fingerprint density at radius 2 is 1.47 bits per heavy atom. The Balaban J connectivity index is 0. The van der Waals surface area contributed by atoms with Crippen molar-refractivity contribution in [3.05, 3.63) is 0 Å². The number of aliphatic hydroxyl groups excluding tert-OH is 4. The van der Waals surface area contributed by atoms with Crippen molar-refractivity contribution in [3.8, 4) is 0 Å². The molecule has 0 bridgehead atoms. The van der Waals surface area contributed by atoms with Crippen LogP contribution in [-0.2, 0) is 0 Å². The van der Waals surface area contributed by atoms with Crippen molar-refractivity contribution in [1.82, 2.24) is 0 Å². The molecule has 0 heterocycles. The Kier molecular flexibility index (Phi) is 11.9. The van der Waals surface area contributed by atoms with E-state index in [9.17, 15) is 0 Å². The largest absolute Gasteiger partial charge is 0.396 e. The van der Waals surface area contributed by atoms with Gasteiger partial charge in [-0.2, -0.15) is 0 Å². The molecule has 0 amide bonds. The lowest BCUT2D eigenvalue weighted by atomic mass is 9.97. The van der Waals surface area contributed by atoms with E-state index in [-0.39, 0.29) is 31.8 Å². The fourth-order valence-corrected chi connectivity index (χ4v) is 0.581. The van der Waals surface area contributed by atoms with Crippen LogP contribution >= 0.6 is 0 Å². The Morgan fingerprint density at radius 1 is 1.00 bits per heavy atom. The monoisotopic (exact) mass is 222 g/mol. The van der Waals surface area contributed by atoms with E-state index >= 15 is 0 Å². The first kappa shape index (κ1) is 17.2. The third kappa shape index (κ3) is 13.8. The van der Waals surface area contributed by atoms with Crippen LogP contribution in [0.15, 0.2) is 0 Å². The third-order valence-electron chi connectivity index (χ3n) is 2.02. The number of hydrogen-bond donors (Lipinski definition) is 4. The fourth-order valence-electron chi connectivity index (χ4n) is 0.581. The standard InChI is InChI=1S/C6H14O2.C5H12O2/c1-6(5-8)3-2-4-7;1-5(2,3-6)4-7/h6-8H,2-5H2,1H3;6-7H,3-4H2,1-2H3. The Bertz CT molecular complexity index is 120. The van der Waals surface area contributed by atoms with Crippen molar-refractivity contribution in [3.63, 3.8) is 0 Å². The molecule has 0 aliphatic heterocycles. The second-order valence-corrected chi connectivity index (χ2v) is 4.63. The van der Waals surface area contributed by atoms with E-state index < -0.39 is 0 Å². The van der Waals surface area contributed by atoms with Gasteiger partial charge >= 0.3 is 0 Å². The lowest BCUT2D eigenvalue weighted by Crippen LogP contribution is -2.20. The number of rotatable bonds is 6. The quantitative estimate of drug-likeness (QED) is 0.524. The summed E-state index contributed by atoms with van der Waals surface area (Å²) in [7, 11) is 0. The molecule has 1 unspecified atom stereocenters. The minimum absolute atomic E-state index is 0.0451. The molecule has 0 saturated heterocycles. The molecule has 0 spiro atoms.